The molecule has 0 unspecified atom stereocenters. The van der Waals surface area contributed by atoms with E-state index >= 15 is 0 Å². The summed E-state index contributed by atoms with van der Waals surface area (Å²) < 4.78 is 0. The maximum atomic E-state index is 11.6. The zero-order valence-corrected chi connectivity index (χ0v) is 18.9. The number of rotatable bonds is 6. The van der Waals surface area contributed by atoms with Crippen molar-refractivity contribution >= 4 is 23.1 Å². The fourth-order valence-electron chi connectivity index (χ4n) is 3.03. The van der Waals surface area contributed by atoms with Crippen LogP contribution in [-0.4, -0.2) is 33.5 Å². The summed E-state index contributed by atoms with van der Waals surface area (Å²) in [7, 11) is 0. The Labute approximate surface area is 206 Å². The molecule has 0 saturated carbocycles. The van der Waals surface area contributed by atoms with Gasteiger partial charge in [0.15, 0.2) is 11.5 Å². The molecule has 0 atom stereocenters. The number of nitrogens with one attached hydrogen (secondary N) is 2. The van der Waals surface area contributed by atoms with E-state index < -0.39 is 0 Å². The van der Waals surface area contributed by atoms with Crippen LogP contribution in [0.1, 0.15) is 0 Å². The van der Waals surface area contributed by atoms with Crippen LogP contribution >= 0.6 is 0 Å². The van der Waals surface area contributed by atoms with Crippen LogP contribution in [0.15, 0.2) is 97.1 Å². The Kier molecular flexibility index (Phi) is 10.4. The van der Waals surface area contributed by atoms with Crippen molar-refractivity contribution in [2.24, 2.45) is 0 Å². The Morgan fingerprint density at radius 2 is 0.788 bits per heavy atom. The van der Waals surface area contributed by atoms with Crippen molar-refractivity contribution in [3.05, 3.63) is 97.1 Å². The van der Waals surface area contributed by atoms with E-state index in [-0.39, 0.29) is 34.6 Å². The third-order valence-corrected chi connectivity index (χ3v) is 4.44. The van der Waals surface area contributed by atoms with E-state index in [1.54, 1.807) is 96.2 Å². The van der Waals surface area contributed by atoms with E-state index in [0.717, 1.165) is 0 Å². The number of para-hydroxylation sites is 4. The van der Waals surface area contributed by atoms with Crippen LogP contribution in [0.5, 0.6) is 23.0 Å². The van der Waals surface area contributed by atoms with Gasteiger partial charge in [-0.1, -0.05) is 84.9 Å². The van der Waals surface area contributed by atoms with Crippen molar-refractivity contribution in [3.63, 3.8) is 0 Å². The fourth-order valence-corrected chi connectivity index (χ4v) is 3.03. The summed E-state index contributed by atoms with van der Waals surface area (Å²) in [5.41, 5.74) is 5.56. The number of hydrogen-bond acceptors (Lipinski definition) is 8. The molecule has 4 aromatic rings. The Morgan fingerprint density at radius 1 is 0.485 bits per heavy atom. The molecule has 0 fully saturated rings. The first-order valence-corrected chi connectivity index (χ1v) is 9.48. The largest absolute Gasteiger partial charge is 2.00 e. The summed E-state index contributed by atoms with van der Waals surface area (Å²) in [5.74, 6) is 0.620. The third-order valence-electron chi connectivity index (χ3n) is 4.44. The first-order valence-electron chi connectivity index (χ1n) is 9.48. The first kappa shape index (κ1) is 25.9. The second-order valence-electron chi connectivity index (χ2n) is 6.37. The molecule has 0 aliphatic rings. The van der Waals surface area contributed by atoms with Gasteiger partial charge in [-0.25, -0.2) is 0 Å². The molecular weight excluding hydrogens is 437 g/mol. The average Bonchev–Trinajstić information content (AvgIpc) is 2.82. The molecule has 0 aliphatic heterocycles. The topological polar surface area (TPSA) is 129 Å². The molecule has 0 heterocycles. The molecule has 0 bridgehead atoms. The molecule has 4 rings (SSSR count). The van der Waals surface area contributed by atoms with E-state index in [9.17, 15) is 10.2 Å². The SMILES string of the molecule is [Mg+2].[O-]c1ccccc1-c1ccccc1ONO.[O-]c1ccccc1-c1ccccc1ONO. The normalized spacial score (nSPS) is 9.76. The monoisotopic (exact) mass is 456 g/mol. The molecule has 0 spiro atoms. The van der Waals surface area contributed by atoms with Crippen LogP contribution in [-0.2, 0) is 0 Å². The van der Waals surface area contributed by atoms with Gasteiger partial charge in [0, 0.05) is 11.1 Å². The van der Waals surface area contributed by atoms with Gasteiger partial charge in [0.05, 0.1) is 0 Å². The quantitative estimate of drug-likeness (QED) is 0.257. The summed E-state index contributed by atoms with van der Waals surface area (Å²) in [4.78, 5) is 9.63. The van der Waals surface area contributed by atoms with E-state index in [1.165, 1.54) is 12.1 Å². The second kappa shape index (κ2) is 13.3. The smallest absolute Gasteiger partial charge is 0.872 e. The average molecular weight is 457 g/mol. The minimum absolute atomic E-state index is 0. The van der Waals surface area contributed by atoms with Crippen molar-refractivity contribution in [2.45, 2.75) is 0 Å². The molecule has 8 nitrogen and oxygen atoms in total. The summed E-state index contributed by atoms with van der Waals surface area (Å²) in [5, 5.41) is 40.3. The first-order chi connectivity index (χ1) is 15.7. The third kappa shape index (κ3) is 6.83. The summed E-state index contributed by atoms with van der Waals surface area (Å²) in [6.45, 7) is 0. The molecule has 0 aliphatic carbocycles. The molecule has 0 amide bonds. The Bertz CT molecular complexity index is 1070. The van der Waals surface area contributed by atoms with Crippen molar-refractivity contribution in [3.8, 4) is 45.3 Å². The molecule has 33 heavy (non-hydrogen) atoms. The Balaban J connectivity index is 0.000000227. The van der Waals surface area contributed by atoms with Crippen LogP contribution in [0.4, 0.5) is 0 Å². The van der Waals surface area contributed by atoms with Crippen LogP contribution in [0.25, 0.3) is 22.3 Å². The van der Waals surface area contributed by atoms with Gasteiger partial charge in [-0.15, -0.1) is 11.5 Å². The predicted octanol–water partition coefficient (Wildman–Crippen LogP) is 3.02. The molecule has 0 saturated heterocycles. The summed E-state index contributed by atoms with van der Waals surface area (Å²) in [6.07, 6.45) is 0. The van der Waals surface area contributed by atoms with Gasteiger partial charge in [-0.3, -0.25) is 10.4 Å². The van der Waals surface area contributed by atoms with E-state index in [4.69, 9.17) is 20.1 Å². The zero-order chi connectivity index (χ0) is 22.8. The van der Waals surface area contributed by atoms with Gasteiger partial charge in [-0.05, 0) is 34.5 Å². The number of benzene rings is 4. The second-order valence-corrected chi connectivity index (χ2v) is 6.37. The van der Waals surface area contributed by atoms with Crippen molar-refractivity contribution in [2.75, 3.05) is 0 Å². The molecule has 4 N–H and O–H groups in total. The van der Waals surface area contributed by atoms with Crippen molar-refractivity contribution < 1.29 is 30.3 Å². The standard InChI is InChI=1S/2C12H11NO3.Mg/c2*14-11-7-3-1-5-9(11)10-6-2-4-8-12(10)16-13-15;/h2*1-8,13-15H;/q;;+2/p-2. The summed E-state index contributed by atoms with van der Waals surface area (Å²) in [6, 6.07) is 27.2. The van der Waals surface area contributed by atoms with Gasteiger partial charge in [-0.2, -0.15) is 0 Å². The predicted molar refractivity (Wildman–Crippen MR) is 120 cm³/mol. The van der Waals surface area contributed by atoms with Gasteiger partial charge in [0.2, 0.25) is 0 Å². The van der Waals surface area contributed by atoms with Crippen molar-refractivity contribution in [1.29, 1.82) is 0 Å². The van der Waals surface area contributed by atoms with Gasteiger partial charge in [0.25, 0.3) is 0 Å². The van der Waals surface area contributed by atoms with E-state index in [0.29, 0.717) is 33.8 Å². The van der Waals surface area contributed by atoms with E-state index in [1.807, 2.05) is 0 Å². The number of hydrogen-bond donors (Lipinski definition) is 4. The van der Waals surface area contributed by atoms with Crippen molar-refractivity contribution in [1.82, 2.24) is 11.3 Å². The Hall–Kier alpha value is -3.31. The molecule has 4 aromatic carbocycles. The van der Waals surface area contributed by atoms with Crippen LogP contribution in [0.2, 0.25) is 0 Å². The molecule has 164 valence electrons. The minimum atomic E-state index is -0.0866. The van der Waals surface area contributed by atoms with Gasteiger partial charge >= 0.3 is 23.1 Å². The molecule has 9 heteroatoms. The van der Waals surface area contributed by atoms with Crippen LogP contribution in [0, 0.1) is 0 Å². The maximum absolute atomic E-state index is 11.6. The van der Waals surface area contributed by atoms with Crippen LogP contribution < -0.4 is 31.2 Å². The zero-order valence-electron chi connectivity index (χ0n) is 17.5. The summed E-state index contributed by atoms with van der Waals surface area (Å²) >= 11 is 0. The minimum Gasteiger partial charge on any atom is -0.872 e. The Morgan fingerprint density at radius 3 is 1.12 bits per heavy atom. The molecule has 0 radical (unpaired) electrons. The van der Waals surface area contributed by atoms with Gasteiger partial charge in [0.1, 0.15) is 0 Å². The van der Waals surface area contributed by atoms with Crippen LogP contribution in [0.3, 0.4) is 0 Å². The molecular formula is C24H20MgN2O6. The maximum Gasteiger partial charge on any atom is 2.00 e. The van der Waals surface area contributed by atoms with Gasteiger partial charge < -0.3 is 19.9 Å². The van der Waals surface area contributed by atoms with E-state index in [2.05, 4.69) is 0 Å². The molecule has 0 aromatic heterocycles. The fraction of sp³-hybridized carbons (Fsp3) is 0.